The molecule has 0 atom stereocenters. The van der Waals surface area contributed by atoms with Gasteiger partial charge in [0.1, 0.15) is 5.82 Å². The predicted molar refractivity (Wildman–Crippen MR) is 95.0 cm³/mol. The van der Waals surface area contributed by atoms with Crippen LogP contribution in [0.15, 0.2) is 36.7 Å². The molecule has 2 rings (SSSR count). The molecule has 0 unspecified atom stereocenters. The average molecular weight is 329 g/mol. The fourth-order valence-electron chi connectivity index (χ4n) is 2.51. The lowest BCUT2D eigenvalue weighted by Crippen LogP contribution is -2.25. The molecular weight excluding hydrogens is 302 g/mol. The van der Waals surface area contributed by atoms with E-state index in [-0.39, 0.29) is 5.91 Å². The highest BCUT2D eigenvalue weighted by Gasteiger charge is 2.13. The number of carbonyl (C=O) groups excluding carboxylic acids is 1. The molecule has 0 saturated heterocycles. The fourth-order valence-corrected chi connectivity index (χ4v) is 2.51. The zero-order valence-corrected chi connectivity index (χ0v) is 14.7. The van der Waals surface area contributed by atoms with E-state index in [2.05, 4.69) is 14.9 Å². The average Bonchev–Trinajstić information content (AvgIpc) is 2.94. The van der Waals surface area contributed by atoms with E-state index >= 15 is 0 Å². The minimum absolute atomic E-state index is 0.0533. The van der Waals surface area contributed by atoms with Gasteiger partial charge < -0.3 is 15.0 Å². The summed E-state index contributed by atoms with van der Waals surface area (Å²) < 4.78 is 2.07. The van der Waals surface area contributed by atoms with Gasteiger partial charge in [-0.2, -0.15) is 0 Å². The third-order valence-electron chi connectivity index (χ3n) is 4.00. The maximum absolute atomic E-state index is 12.2. The van der Waals surface area contributed by atoms with Gasteiger partial charge in [-0.05, 0) is 57.7 Å². The molecule has 1 heterocycles. The van der Waals surface area contributed by atoms with Crippen molar-refractivity contribution < 1.29 is 9.90 Å². The van der Waals surface area contributed by atoms with Crippen LogP contribution in [0.5, 0.6) is 0 Å². The molecule has 5 nitrogen and oxygen atoms in total. The molecule has 0 bridgehead atoms. The van der Waals surface area contributed by atoms with Gasteiger partial charge in [-0.3, -0.25) is 4.79 Å². The number of nitrogens with one attached hydrogen (secondary N) is 1. The number of aliphatic hydroxyl groups is 1. The van der Waals surface area contributed by atoms with Gasteiger partial charge in [0.2, 0.25) is 0 Å². The minimum Gasteiger partial charge on any atom is -0.390 e. The van der Waals surface area contributed by atoms with E-state index < -0.39 is 5.60 Å². The molecule has 0 spiro atoms. The number of hydrogen-bond donors (Lipinski definition) is 2. The van der Waals surface area contributed by atoms with Crippen molar-refractivity contribution in [2.24, 2.45) is 0 Å². The summed E-state index contributed by atoms with van der Waals surface area (Å²) in [6.45, 7) is 7.04. The lowest BCUT2D eigenvalue weighted by Gasteiger charge is -2.16. The van der Waals surface area contributed by atoms with E-state index in [1.807, 2.05) is 37.4 Å². The van der Waals surface area contributed by atoms with Crippen LogP contribution in [0.3, 0.4) is 0 Å². The van der Waals surface area contributed by atoms with Crippen LogP contribution in [0, 0.1) is 6.92 Å². The SMILES string of the molecule is Cc1nccn1CCCNC(=O)c1cccc(CCC(C)(C)O)c1. The molecule has 0 aliphatic carbocycles. The maximum Gasteiger partial charge on any atom is 0.251 e. The van der Waals surface area contributed by atoms with E-state index in [1.165, 1.54) is 0 Å². The summed E-state index contributed by atoms with van der Waals surface area (Å²) in [7, 11) is 0. The zero-order valence-electron chi connectivity index (χ0n) is 14.7. The van der Waals surface area contributed by atoms with Crippen molar-refractivity contribution in [2.45, 2.75) is 52.2 Å². The van der Waals surface area contributed by atoms with Crippen molar-refractivity contribution in [1.29, 1.82) is 0 Å². The summed E-state index contributed by atoms with van der Waals surface area (Å²) >= 11 is 0. The lowest BCUT2D eigenvalue weighted by atomic mass is 9.98. The third-order valence-corrected chi connectivity index (χ3v) is 4.00. The highest BCUT2D eigenvalue weighted by Crippen LogP contribution is 2.14. The van der Waals surface area contributed by atoms with Gasteiger partial charge in [0.05, 0.1) is 5.60 Å². The van der Waals surface area contributed by atoms with Crippen LogP contribution in [-0.2, 0) is 13.0 Å². The molecule has 0 saturated carbocycles. The number of hydrogen-bond acceptors (Lipinski definition) is 3. The predicted octanol–water partition coefficient (Wildman–Crippen LogP) is 2.72. The summed E-state index contributed by atoms with van der Waals surface area (Å²) in [6.07, 6.45) is 6.02. The van der Waals surface area contributed by atoms with E-state index in [9.17, 15) is 9.90 Å². The van der Waals surface area contributed by atoms with Crippen LogP contribution in [0.1, 0.15) is 48.4 Å². The number of benzene rings is 1. The second kappa shape index (κ2) is 8.11. The standard InChI is InChI=1S/C19H27N3O2/c1-15-20-11-13-22(15)12-5-10-21-18(23)17-7-4-6-16(14-17)8-9-19(2,3)24/h4,6-7,11,13-14,24H,5,8-10,12H2,1-3H3,(H,21,23). The summed E-state index contributed by atoms with van der Waals surface area (Å²) in [5.74, 6) is 0.934. The first-order valence-corrected chi connectivity index (χ1v) is 8.42. The van der Waals surface area contributed by atoms with E-state index in [4.69, 9.17) is 0 Å². The fraction of sp³-hybridized carbons (Fsp3) is 0.474. The van der Waals surface area contributed by atoms with E-state index in [1.54, 1.807) is 20.0 Å². The first kappa shape index (κ1) is 18.2. The largest absolute Gasteiger partial charge is 0.390 e. The number of imidazole rings is 1. The van der Waals surface area contributed by atoms with Crippen molar-refractivity contribution in [1.82, 2.24) is 14.9 Å². The van der Waals surface area contributed by atoms with Gasteiger partial charge in [-0.25, -0.2) is 4.98 Å². The number of rotatable bonds is 8. The maximum atomic E-state index is 12.2. The summed E-state index contributed by atoms with van der Waals surface area (Å²) in [4.78, 5) is 16.4. The second-order valence-electron chi connectivity index (χ2n) is 6.79. The van der Waals surface area contributed by atoms with Gasteiger partial charge in [-0.15, -0.1) is 0 Å². The Balaban J connectivity index is 1.80. The van der Waals surface area contributed by atoms with E-state index in [0.29, 0.717) is 18.5 Å². The molecule has 130 valence electrons. The number of amides is 1. The van der Waals surface area contributed by atoms with Crippen molar-refractivity contribution in [3.05, 3.63) is 53.6 Å². The van der Waals surface area contributed by atoms with Gasteiger partial charge >= 0.3 is 0 Å². The second-order valence-corrected chi connectivity index (χ2v) is 6.79. The first-order chi connectivity index (χ1) is 11.3. The first-order valence-electron chi connectivity index (χ1n) is 8.42. The van der Waals surface area contributed by atoms with Crippen LogP contribution >= 0.6 is 0 Å². The summed E-state index contributed by atoms with van der Waals surface area (Å²) in [5, 5.41) is 12.8. The molecule has 0 radical (unpaired) electrons. The molecule has 24 heavy (non-hydrogen) atoms. The Hall–Kier alpha value is -2.14. The summed E-state index contributed by atoms with van der Waals surface area (Å²) in [5.41, 5.74) is 1.05. The van der Waals surface area contributed by atoms with Crippen molar-refractivity contribution in [3.63, 3.8) is 0 Å². The normalized spacial score (nSPS) is 11.5. The molecule has 0 aliphatic heterocycles. The summed E-state index contributed by atoms with van der Waals surface area (Å²) in [6, 6.07) is 7.61. The van der Waals surface area contributed by atoms with Crippen LogP contribution in [0.2, 0.25) is 0 Å². The van der Waals surface area contributed by atoms with Gasteiger partial charge in [0.25, 0.3) is 5.91 Å². The van der Waals surface area contributed by atoms with Crippen LogP contribution < -0.4 is 5.32 Å². The highest BCUT2D eigenvalue weighted by atomic mass is 16.3. The van der Waals surface area contributed by atoms with Crippen LogP contribution in [0.4, 0.5) is 0 Å². The van der Waals surface area contributed by atoms with Gasteiger partial charge in [0.15, 0.2) is 0 Å². The quantitative estimate of drug-likeness (QED) is 0.732. The molecule has 1 amide bonds. The molecule has 0 fully saturated rings. The number of nitrogens with zero attached hydrogens (tertiary/aromatic N) is 2. The van der Waals surface area contributed by atoms with E-state index in [0.717, 1.165) is 30.8 Å². The Morgan fingerprint density at radius 2 is 2.17 bits per heavy atom. The highest BCUT2D eigenvalue weighted by molar-refractivity contribution is 5.94. The van der Waals surface area contributed by atoms with Crippen LogP contribution in [0.25, 0.3) is 0 Å². The Labute approximate surface area is 143 Å². The molecule has 1 aromatic heterocycles. The molecule has 2 N–H and O–H groups in total. The number of aromatic nitrogens is 2. The lowest BCUT2D eigenvalue weighted by molar-refractivity contribution is 0.0714. The van der Waals surface area contributed by atoms with Crippen molar-refractivity contribution >= 4 is 5.91 Å². The molecular formula is C19H27N3O2. The Morgan fingerprint density at radius 1 is 1.38 bits per heavy atom. The smallest absolute Gasteiger partial charge is 0.251 e. The van der Waals surface area contributed by atoms with Gasteiger partial charge in [-0.1, -0.05) is 12.1 Å². The third kappa shape index (κ3) is 5.81. The number of aryl methyl sites for hydroxylation is 3. The monoisotopic (exact) mass is 329 g/mol. The molecule has 0 aliphatic rings. The van der Waals surface area contributed by atoms with Crippen molar-refractivity contribution in [2.75, 3.05) is 6.54 Å². The Kier molecular flexibility index (Phi) is 6.15. The molecule has 1 aromatic carbocycles. The minimum atomic E-state index is -0.691. The molecule has 2 aromatic rings. The van der Waals surface area contributed by atoms with Crippen molar-refractivity contribution in [3.8, 4) is 0 Å². The molecule has 5 heteroatoms. The number of carbonyl (C=O) groups is 1. The van der Waals surface area contributed by atoms with Gasteiger partial charge in [0, 0.05) is 31.0 Å². The zero-order chi connectivity index (χ0) is 17.6. The Bertz CT molecular complexity index is 671. The Morgan fingerprint density at radius 3 is 2.83 bits per heavy atom. The topological polar surface area (TPSA) is 67.2 Å². The van der Waals surface area contributed by atoms with Crippen LogP contribution in [-0.4, -0.2) is 32.7 Å².